The summed E-state index contributed by atoms with van der Waals surface area (Å²) in [4.78, 5) is 22.8. The van der Waals surface area contributed by atoms with E-state index in [4.69, 9.17) is 17.0 Å². The van der Waals surface area contributed by atoms with Gasteiger partial charge >= 0.3 is 0 Å². The summed E-state index contributed by atoms with van der Waals surface area (Å²) in [7, 11) is 1.44. The number of anilines is 1. The van der Waals surface area contributed by atoms with Crippen LogP contribution in [0.4, 0.5) is 15.8 Å². The van der Waals surface area contributed by atoms with E-state index >= 15 is 0 Å². The number of benzene rings is 3. The molecule has 0 saturated carbocycles. The Balaban J connectivity index is 1.81. The standard InChI is InChI=1S/C19H14FN3O4S/c1-27-17-9-12-5-3-2-4-11(12)8-14(17)18(24)22-19(28)21-16-10-13(23(25)26)6-7-15(16)20/h2-10H,1H3,(H2,21,22,24,28). The second kappa shape index (κ2) is 7.97. The number of carbonyl (C=O) groups excluding carboxylic acids is 1. The molecule has 0 heterocycles. The van der Waals surface area contributed by atoms with E-state index in [0.29, 0.717) is 5.75 Å². The number of nitrogens with zero attached hydrogens (tertiary/aromatic N) is 1. The van der Waals surface area contributed by atoms with Crippen LogP contribution in [0.5, 0.6) is 5.75 Å². The summed E-state index contributed by atoms with van der Waals surface area (Å²) >= 11 is 5.04. The van der Waals surface area contributed by atoms with Crippen molar-refractivity contribution in [2.75, 3.05) is 12.4 Å². The highest BCUT2D eigenvalue weighted by Gasteiger charge is 2.17. The average molecular weight is 399 g/mol. The molecule has 0 unspecified atom stereocenters. The van der Waals surface area contributed by atoms with Gasteiger partial charge in [0.1, 0.15) is 11.6 Å². The van der Waals surface area contributed by atoms with Crippen molar-refractivity contribution in [1.29, 1.82) is 0 Å². The molecule has 0 aliphatic heterocycles. The van der Waals surface area contributed by atoms with Crippen LogP contribution in [-0.4, -0.2) is 23.1 Å². The monoisotopic (exact) mass is 399 g/mol. The first-order valence-electron chi connectivity index (χ1n) is 8.02. The fourth-order valence-corrected chi connectivity index (χ4v) is 2.82. The van der Waals surface area contributed by atoms with Gasteiger partial charge in [-0.3, -0.25) is 20.2 Å². The van der Waals surface area contributed by atoms with Gasteiger partial charge < -0.3 is 10.1 Å². The van der Waals surface area contributed by atoms with E-state index in [-0.39, 0.29) is 22.1 Å². The number of nitro groups is 1. The first-order valence-corrected chi connectivity index (χ1v) is 8.43. The molecular weight excluding hydrogens is 385 g/mol. The Labute approximate surface area is 164 Å². The summed E-state index contributed by atoms with van der Waals surface area (Å²) in [5, 5.41) is 17.2. The molecule has 0 radical (unpaired) electrons. The maximum atomic E-state index is 13.9. The van der Waals surface area contributed by atoms with Crippen molar-refractivity contribution in [3.05, 3.63) is 76.1 Å². The fourth-order valence-electron chi connectivity index (χ4n) is 2.61. The Bertz CT molecular complexity index is 1100. The van der Waals surface area contributed by atoms with E-state index in [1.807, 2.05) is 24.3 Å². The number of nitro benzene ring substituents is 1. The molecule has 142 valence electrons. The van der Waals surface area contributed by atoms with Crippen molar-refractivity contribution < 1.29 is 18.8 Å². The highest BCUT2D eigenvalue weighted by Crippen LogP contribution is 2.26. The molecule has 0 aliphatic rings. The topological polar surface area (TPSA) is 93.5 Å². The van der Waals surface area contributed by atoms with Crippen LogP contribution in [0.2, 0.25) is 0 Å². The lowest BCUT2D eigenvalue weighted by atomic mass is 10.1. The molecule has 7 nitrogen and oxygen atoms in total. The van der Waals surface area contributed by atoms with Crippen LogP contribution in [0, 0.1) is 15.9 Å². The molecule has 0 aromatic heterocycles. The molecule has 0 saturated heterocycles. The van der Waals surface area contributed by atoms with Gasteiger partial charge in [0, 0.05) is 12.1 Å². The Hall–Kier alpha value is -3.59. The second-order valence-corrected chi connectivity index (χ2v) is 6.14. The summed E-state index contributed by atoms with van der Waals surface area (Å²) in [5.41, 5.74) is -0.288. The molecule has 3 aromatic rings. The number of methoxy groups -OCH3 is 1. The quantitative estimate of drug-likeness (QED) is 0.391. The van der Waals surface area contributed by atoms with Gasteiger partial charge in [-0.25, -0.2) is 4.39 Å². The van der Waals surface area contributed by atoms with E-state index < -0.39 is 16.6 Å². The number of halogens is 1. The SMILES string of the molecule is COc1cc2ccccc2cc1C(=O)NC(=S)Nc1cc([N+](=O)[O-])ccc1F. The molecule has 3 aromatic carbocycles. The maximum Gasteiger partial charge on any atom is 0.271 e. The van der Waals surface area contributed by atoms with Crippen molar-refractivity contribution in [3.63, 3.8) is 0 Å². The van der Waals surface area contributed by atoms with E-state index in [0.717, 1.165) is 29.0 Å². The molecule has 2 N–H and O–H groups in total. The first-order chi connectivity index (χ1) is 13.4. The third kappa shape index (κ3) is 4.04. The molecule has 0 bridgehead atoms. The Morgan fingerprint density at radius 3 is 2.46 bits per heavy atom. The largest absolute Gasteiger partial charge is 0.496 e. The van der Waals surface area contributed by atoms with Crippen molar-refractivity contribution in [2.24, 2.45) is 0 Å². The molecule has 28 heavy (non-hydrogen) atoms. The Kier molecular flexibility index (Phi) is 5.46. The van der Waals surface area contributed by atoms with Crippen LogP contribution >= 0.6 is 12.2 Å². The van der Waals surface area contributed by atoms with Gasteiger partial charge in [-0.05, 0) is 41.2 Å². The number of non-ortho nitro benzene ring substituents is 1. The molecule has 0 fully saturated rings. The predicted molar refractivity (Wildman–Crippen MR) is 107 cm³/mol. The summed E-state index contributed by atoms with van der Waals surface area (Å²) in [5.74, 6) is -0.961. The summed E-state index contributed by atoms with van der Waals surface area (Å²) in [6.07, 6.45) is 0. The molecule has 0 spiro atoms. The zero-order valence-corrected chi connectivity index (χ0v) is 15.4. The van der Waals surface area contributed by atoms with Gasteiger partial charge in [-0.1, -0.05) is 24.3 Å². The average Bonchev–Trinajstić information content (AvgIpc) is 2.68. The van der Waals surface area contributed by atoms with Crippen LogP contribution in [0.15, 0.2) is 54.6 Å². The van der Waals surface area contributed by atoms with Crippen LogP contribution in [0.3, 0.4) is 0 Å². The minimum atomic E-state index is -0.745. The van der Waals surface area contributed by atoms with Crippen LogP contribution in [0.1, 0.15) is 10.4 Å². The fraction of sp³-hybridized carbons (Fsp3) is 0.0526. The van der Waals surface area contributed by atoms with Gasteiger partial charge in [0.15, 0.2) is 5.11 Å². The van der Waals surface area contributed by atoms with Gasteiger partial charge in [-0.2, -0.15) is 0 Å². The van der Waals surface area contributed by atoms with Crippen LogP contribution in [0.25, 0.3) is 10.8 Å². The predicted octanol–water partition coefficient (Wildman–Crippen LogP) is 4.02. The lowest BCUT2D eigenvalue weighted by Gasteiger charge is -2.13. The number of hydrogen-bond acceptors (Lipinski definition) is 5. The summed E-state index contributed by atoms with van der Waals surface area (Å²) < 4.78 is 19.1. The van der Waals surface area contributed by atoms with Crippen molar-refractivity contribution >= 4 is 45.4 Å². The number of amides is 1. The number of nitrogens with one attached hydrogen (secondary N) is 2. The number of rotatable bonds is 4. The van der Waals surface area contributed by atoms with Gasteiger partial charge in [0.25, 0.3) is 11.6 Å². The smallest absolute Gasteiger partial charge is 0.271 e. The molecule has 1 amide bonds. The third-order valence-corrected chi connectivity index (χ3v) is 4.15. The highest BCUT2D eigenvalue weighted by molar-refractivity contribution is 7.80. The Morgan fingerprint density at radius 1 is 1.14 bits per heavy atom. The zero-order valence-electron chi connectivity index (χ0n) is 14.6. The Morgan fingerprint density at radius 2 is 1.82 bits per heavy atom. The minimum Gasteiger partial charge on any atom is -0.496 e. The molecule has 3 rings (SSSR count). The normalized spacial score (nSPS) is 10.4. The van der Waals surface area contributed by atoms with Crippen molar-refractivity contribution in [2.45, 2.75) is 0 Å². The molecular formula is C19H14FN3O4S. The molecule has 0 atom stereocenters. The minimum absolute atomic E-state index is 0.209. The van der Waals surface area contributed by atoms with Gasteiger partial charge in [0.2, 0.25) is 0 Å². The summed E-state index contributed by atoms with van der Waals surface area (Å²) in [6, 6.07) is 13.8. The number of fused-ring (bicyclic) bond motifs is 1. The third-order valence-electron chi connectivity index (χ3n) is 3.95. The van der Waals surface area contributed by atoms with Gasteiger partial charge in [0.05, 0.1) is 23.3 Å². The maximum absolute atomic E-state index is 13.9. The zero-order chi connectivity index (χ0) is 20.3. The second-order valence-electron chi connectivity index (χ2n) is 5.73. The molecule has 0 aliphatic carbocycles. The number of carbonyl (C=O) groups is 1. The summed E-state index contributed by atoms with van der Waals surface area (Å²) in [6.45, 7) is 0. The first kappa shape index (κ1) is 19.2. The van der Waals surface area contributed by atoms with Crippen molar-refractivity contribution in [3.8, 4) is 5.75 Å². The van der Waals surface area contributed by atoms with E-state index in [9.17, 15) is 19.3 Å². The highest BCUT2D eigenvalue weighted by atomic mass is 32.1. The molecule has 9 heteroatoms. The van der Waals surface area contributed by atoms with Crippen LogP contribution in [-0.2, 0) is 0 Å². The lowest BCUT2D eigenvalue weighted by Crippen LogP contribution is -2.34. The number of thiocarbonyl (C=S) groups is 1. The lowest BCUT2D eigenvalue weighted by molar-refractivity contribution is -0.384. The van der Waals surface area contributed by atoms with Gasteiger partial charge in [-0.15, -0.1) is 0 Å². The van der Waals surface area contributed by atoms with Crippen molar-refractivity contribution in [1.82, 2.24) is 5.32 Å². The number of ether oxygens (including phenoxy) is 1. The van der Waals surface area contributed by atoms with E-state index in [1.165, 1.54) is 7.11 Å². The van der Waals surface area contributed by atoms with Crippen LogP contribution < -0.4 is 15.4 Å². The van der Waals surface area contributed by atoms with E-state index in [2.05, 4.69) is 10.6 Å². The van der Waals surface area contributed by atoms with E-state index in [1.54, 1.807) is 12.1 Å². The number of hydrogen-bond donors (Lipinski definition) is 2.